The summed E-state index contributed by atoms with van der Waals surface area (Å²) < 4.78 is 0. The van der Waals surface area contributed by atoms with Crippen molar-refractivity contribution >= 4 is 24.4 Å². The van der Waals surface area contributed by atoms with E-state index in [0.29, 0.717) is 6.54 Å². The molecule has 1 atom stereocenters. The van der Waals surface area contributed by atoms with Crippen LogP contribution in [0.4, 0.5) is 0 Å². The first-order chi connectivity index (χ1) is 8.13. The van der Waals surface area contributed by atoms with Gasteiger partial charge in [-0.1, -0.05) is 30.3 Å². The molecule has 1 aromatic carbocycles. The van der Waals surface area contributed by atoms with Gasteiger partial charge in [0.15, 0.2) is 0 Å². The van der Waals surface area contributed by atoms with Crippen LogP contribution in [0.25, 0.3) is 0 Å². The summed E-state index contributed by atoms with van der Waals surface area (Å²) in [6, 6.07) is 9.00. The van der Waals surface area contributed by atoms with E-state index in [9.17, 15) is 9.59 Å². The number of amides is 2. The monoisotopic (exact) mass is 252 g/mol. The fourth-order valence-corrected chi connectivity index (χ4v) is 1.60. The number of thiol groups is 1. The molecular formula is C12H16N2O2S. The van der Waals surface area contributed by atoms with Gasteiger partial charge in [0.25, 0.3) is 0 Å². The van der Waals surface area contributed by atoms with Gasteiger partial charge in [-0.15, -0.1) is 0 Å². The zero-order valence-electron chi connectivity index (χ0n) is 9.64. The average Bonchev–Trinajstić information content (AvgIpc) is 2.34. The molecule has 0 saturated carbocycles. The van der Waals surface area contributed by atoms with Gasteiger partial charge in [-0.05, 0) is 5.56 Å². The van der Waals surface area contributed by atoms with Crippen molar-refractivity contribution in [2.75, 3.05) is 5.75 Å². The smallest absolute Gasteiger partial charge is 0.243 e. The van der Waals surface area contributed by atoms with Gasteiger partial charge < -0.3 is 10.6 Å². The van der Waals surface area contributed by atoms with Crippen molar-refractivity contribution in [2.45, 2.75) is 19.5 Å². The van der Waals surface area contributed by atoms with Crippen molar-refractivity contribution in [3.8, 4) is 0 Å². The molecule has 1 rings (SSSR count). The molecule has 0 heterocycles. The van der Waals surface area contributed by atoms with Gasteiger partial charge in [-0.2, -0.15) is 12.6 Å². The van der Waals surface area contributed by atoms with Crippen LogP contribution < -0.4 is 10.6 Å². The topological polar surface area (TPSA) is 58.2 Å². The second-order valence-corrected chi connectivity index (χ2v) is 4.00. The Labute approximate surface area is 106 Å². The maximum Gasteiger partial charge on any atom is 0.243 e. The Hall–Kier alpha value is -1.49. The fraction of sp³-hybridized carbons (Fsp3) is 0.333. The summed E-state index contributed by atoms with van der Waals surface area (Å²) in [7, 11) is 0. The molecule has 0 aliphatic heterocycles. The fourth-order valence-electron chi connectivity index (χ4n) is 1.35. The summed E-state index contributed by atoms with van der Waals surface area (Å²) in [6.07, 6.45) is 0. The lowest BCUT2D eigenvalue weighted by Gasteiger charge is -2.15. The molecule has 0 aliphatic rings. The van der Waals surface area contributed by atoms with Gasteiger partial charge in [0.05, 0.1) is 0 Å². The lowest BCUT2D eigenvalue weighted by atomic mass is 10.2. The highest BCUT2D eigenvalue weighted by Crippen LogP contribution is 1.98. The summed E-state index contributed by atoms with van der Waals surface area (Å²) in [5, 5.41) is 5.29. The van der Waals surface area contributed by atoms with Crippen LogP contribution in [0.1, 0.15) is 12.5 Å². The Morgan fingerprint density at radius 2 is 1.94 bits per heavy atom. The number of carbonyl (C=O) groups excluding carboxylic acids is 2. The SMILES string of the molecule is CC(=O)N[C@@H](CS)C(=O)NCc1ccccc1. The molecule has 0 fully saturated rings. The van der Waals surface area contributed by atoms with E-state index in [1.165, 1.54) is 6.92 Å². The van der Waals surface area contributed by atoms with Crippen molar-refractivity contribution in [3.63, 3.8) is 0 Å². The summed E-state index contributed by atoms with van der Waals surface area (Å²) in [4.78, 5) is 22.6. The predicted octanol–water partition coefficient (Wildman–Crippen LogP) is 0.737. The first kappa shape index (κ1) is 13.6. The molecule has 17 heavy (non-hydrogen) atoms. The minimum absolute atomic E-state index is 0.223. The van der Waals surface area contributed by atoms with Gasteiger partial charge in [-0.25, -0.2) is 0 Å². The summed E-state index contributed by atoms with van der Waals surface area (Å²) >= 11 is 4.03. The van der Waals surface area contributed by atoms with Crippen LogP contribution in [0, 0.1) is 0 Å². The maximum absolute atomic E-state index is 11.7. The van der Waals surface area contributed by atoms with Crippen LogP contribution >= 0.6 is 12.6 Å². The van der Waals surface area contributed by atoms with Crippen LogP contribution in [0.3, 0.4) is 0 Å². The number of benzene rings is 1. The molecule has 0 unspecified atom stereocenters. The van der Waals surface area contributed by atoms with E-state index < -0.39 is 6.04 Å². The summed E-state index contributed by atoms with van der Waals surface area (Å²) in [6.45, 7) is 1.82. The van der Waals surface area contributed by atoms with Crippen LogP contribution in [-0.4, -0.2) is 23.6 Å². The third kappa shape index (κ3) is 4.91. The Morgan fingerprint density at radius 1 is 1.29 bits per heavy atom. The van der Waals surface area contributed by atoms with E-state index in [2.05, 4.69) is 23.3 Å². The molecule has 1 aromatic rings. The average molecular weight is 252 g/mol. The summed E-state index contributed by atoms with van der Waals surface area (Å²) in [5.74, 6) is -0.182. The Bertz CT molecular complexity index is 381. The minimum atomic E-state index is -0.584. The third-order valence-corrected chi connectivity index (χ3v) is 2.55. The van der Waals surface area contributed by atoms with E-state index in [4.69, 9.17) is 0 Å². The molecule has 2 N–H and O–H groups in total. The van der Waals surface area contributed by atoms with Gasteiger partial charge in [0.2, 0.25) is 11.8 Å². The molecule has 0 saturated heterocycles. The van der Waals surface area contributed by atoms with E-state index in [0.717, 1.165) is 5.56 Å². The zero-order chi connectivity index (χ0) is 12.7. The quantitative estimate of drug-likeness (QED) is 0.677. The van der Waals surface area contributed by atoms with E-state index in [1.807, 2.05) is 30.3 Å². The van der Waals surface area contributed by atoms with E-state index in [-0.39, 0.29) is 17.6 Å². The lowest BCUT2D eigenvalue weighted by molar-refractivity contribution is -0.127. The van der Waals surface area contributed by atoms with Crippen LogP contribution in [-0.2, 0) is 16.1 Å². The number of hydrogen-bond donors (Lipinski definition) is 3. The Kier molecular flexibility index (Phi) is 5.56. The first-order valence-electron chi connectivity index (χ1n) is 5.33. The molecule has 0 aromatic heterocycles. The normalized spacial score (nSPS) is 11.6. The Balaban J connectivity index is 2.45. The van der Waals surface area contributed by atoms with Crippen molar-refractivity contribution in [1.82, 2.24) is 10.6 Å². The third-order valence-electron chi connectivity index (χ3n) is 2.19. The highest BCUT2D eigenvalue weighted by atomic mass is 32.1. The number of carbonyl (C=O) groups is 2. The standard InChI is InChI=1S/C12H16N2O2S/c1-9(15)14-11(8-17)12(16)13-7-10-5-3-2-4-6-10/h2-6,11,17H,7-8H2,1H3,(H,13,16)(H,14,15)/t11-/m0/s1. The van der Waals surface area contributed by atoms with Gasteiger partial charge in [0, 0.05) is 19.2 Å². The van der Waals surface area contributed by atoms with Gasteiger partial charge in [0.1, 0.15) is 6.04 Å². The number of rotatable bonds is 5. The van der Waals surface area contributed by atoms with Crippen LogP contribution in [0.5, 0.6) is 0 Å². The first-order valence-corrected chi connectivity index (χ1v) is 5.96. The number of hydrogen-bond acceptors (Lipinski definition) is 3. The number of nitrogens with one attached hydrogen (secondary N) is 2. The van der Waals surface area contributed by atoms with Crippen molar-refractivity contribution in [1.29, 1.82) is 0 Å². The minimum Gasteiger partial charge on any atom is -0.350 e. The molecule has 0 spiro atoms. The molecule has 2 amide bonds. The van der Waals surface area contributed by atoms with Gasteiger partial charge in [-0.3, -0.25) is 9.59 Å². The maximum atomic E-state index is 11.7. The second-order valence-electron chi connectivity index (χ2n) is 3.64. The predicted molar refractivity (Wildman–Crippen MR) is 69.7 cm³/mol. The van der Waals surface area contributed by atoms with E-state index >= 15 is 0 Å². The lowest BCUT2D eigenvalue weighted by Crippen LogP contribution is -2.47. The van der Waals surface area contributed by atoms with Crippen LogP contribution in [0.15, 0.2) is 30.3 Å². The zero-order valence-corrected chi connectivity index (χ0v) is 10.5. The highest BCUT2D eigenvalue weighted by molar-refractivity contribution is 7.80. The van der Waals surface area contributed by atoms with Crippen molar-refractivity contribution < 1.29 is 9.59 Å². The largest absolute Gasteiger partial charge is 0.350 e. The van der Waals surface area contributed by atoms with Crippen LogP contribution in [0.2, 0.25) is 0 Å². The Morgan fingerprint density at radius 3 is 2.47 bits per heavy atom. The van der Waals surface area contributed by atoms with E-state index in [1.54, 1.807) is 0 Å². The molecule has 92 valence electrons. The van der Waals surface area contributed by atoms with Crippen molar-refractivity contribution in [3.05, 3.63) is 35.9 Å². The molecule has 5 heteroatoms. The van der Waals surface area contributed by atoms with Crippen molar-refractivity contribution in [2.24, 2.45) is 0 Å². The molecule has 0 bridgehead atoms. The van der Waals surface area contributed by atoms with Gasteiger partial charge >= 0.3 is 0 Å². The molecule has 0 radical (unpaired) electrons. The molecule has 0 aliphatic carbocycles. The second kappa shape index (κ2) is 6.96. The highest BCUT2D eigenvalue weighted by Gasteiger charge is 2.16. The summed E-state index contributed by atoms with van der Waals surface area (Å²) in [5.41, 5.74) is 1.02. The molecule has 4 nitrogen and oxygen atoms in total. The molecular weight excluding hydrogens is 236 g/mol.